The van der Waals surface area contributed by atoms with Gasteiger partial charge in [0.2, 0.25) is 11.8 Å². The molecule has 0 aliphatic heterocycles. The predicted octanol–water partition coefficient (Wildman–Crippen LogP) is 5.17. The molecule has 0 aromatic heterocycles. The molecule has 0 radical (unpaired) electrons. The maximum Gasteiger partial charge on any atom is 0.242 e. The molecule has 162 valence electrons. The largest absolute Gasteiger partial charge is 0.354 e. The van der Waals surface area contributed by atoms with Crippen LogP contribution in [0.5, 0.6) is 0 Å². The molecule has 0 bridgehead atoms. The summed E-state index contributed by atoms with van der Waals surface area (Å²) in [4.78, 5) is 27.4. The SMILES string of the molecule is CCCCNC(=O)[C@@H](C)N(Cc1ccc(Cl)cc1)C(=O)CCc1ccc(CC)cc1. The van der Waals surface area contributed by atoms with E-state index in [1.54, 1.807) is 24.0 Å². The van der Waals surface area contributed by atoms with Crippen LogP contribution in [0.25, 0.3) is 0 Å². The molecule has 0 fully saturated rings. The van der Waals surface area contributed by atoms with Gasteiger partial charge in [0.05, 0.1) is 0 Å². The number of hydrogen-bond acceptors (Lipinski definition) is 2. The van der Waals surface area contributed by atoms with Gasteiger partial charge in [0.25, 0.3) is 0 Å². The van der Waals surface area contributed by atoms with Crippen molar-refractivity contribution in [1.29, 1.82) is 0 Å². The summed E-state index contributed by atoms with van der Waals surface area (Å²) in [6.07, 6.45) is 3.96. The van der Waals surface area contributed by atoms with Crippen LogP contribution in [0.2, 0.25) is 5.02 Å². The molecule has 5 heteroatoms. The fraction of sp³-hybridized carbons (Fsp3) is 0.440. The number of nitrogens with zero attached hydrogens (tertiary/aromatic N) is 1. The van der Waals surface area contributed by atoms with Gasteiger partial charge in [-0.2, -0.15) is 0 Å². The standard InChI is InChI=1S/C25H33ClN2O2/c1-4-6-17-27-25(30)19(3)28(18-22-11-14-23(26)15-12-22)24(29)16-13-21-9-7-20(5-2)8-10-21/h7-12,14-15,19H,4-6,13,16-18H2,1-3H3,(H,27,30)/t19-/m1/s1. The molecule has 0 spiro atoms. The molecule has 0 unspecified atom stereocenters. The molecule has 2 amide bonds. The normalized spacial score (nSPS) is 11.7. The third-order valence-electron chi connectivity index (χ3n) is 5.32. The van der Waals surface area contributed by atoms with Crippen molar-refractivity contribution >= 4 is 23.4 Å². The van der Waals surface area contributed by atoms with Gasteiger partial charge in [-0.05, 0) is 55.0 Å². The third-order valence-corrected chi connectivity index (χ3v) is 5.57. The van der Waals surface area contributed by atoms with Crippen LogP contribution in [-0.4, -0.2) is 29.3 Å². The number of carbonyl (C=O) groups is 2. The first-order valence-corrected chi connectivity index (χ1v) is 11.2. The first-order chi connectivity index (χ1) is 14.4. The van der Waals surface area contributed by atoms with Crippen molar-refractivity contribution in [3.05, 3.63) is 70.2 Å². The molecule has 1 N–H and O–H groups in total. The fourth-order valence-electron chi connectivity index (χ4n) is 3.24. The van der Waals surface area contributed by atoms with Crippen LogP contribution in [0, 0.1) is 0 Å². The molecular weight excluding hydrogens is 396 g/mol. The average molecular weight is 429 g/mol. The summed E-state index contributed by atoms with van der Waals surface area (Å²) < 4.78 is 0. The highest BCUT2D eigenvalue weighted by atomic mass is 35.5. The molecule has 0 saturated heterocycles. The zero-order valence-corrected chi connectivity index (χ0v) is 19.0. The summed E-state index contributed by atoms with van der Waals surface area (Å²) in [6, 6.07) is 15.2. The number of hydrogen-bond donors (Lipinski definition) is 1. The van der Waals surface area contributed by atoms with Crippen LogP contribution in [0.4, 0.5) is 0 Å². The van der Waals surface area contributed by atoms with E-state index in [-0.39, 0.29) is 11.8 Å². The van der Waals surface area contributed by atoms with Crippen molar-refractivity contribution < 1.29 is 9.59 Å². The van der Waals surface area contributed by atoms with Crippen LogP contribution in [0.3, 0.4) is 0 Å². The lowest BCUT2D eigenvalue weighted by molar-refractivity contribution is -0.140. The Balaban J connectivity index is 2.08. The molecule has 0 saturated carbocycles. The van der Waals surface area contributed by atoms with Gasteiger partial charge in [-0.1, -0.05) is 68.3 Å². The van der Waals surface area contributed by atoms with E-state index < -0.39 is 6.04 Å². The Labute approximate surface area is 185 Å². The third kappa shape index (κ3) is 7.49. The Kier molecular flexibility index (Phi) is 9.88. The molecule has 4 nitrogen and oxygen atoms in total. The maximum absolute atomic E-state index is 13.1. The van der Waals surface area contributed by atoms with E-state index in [2.05, 4.69) is 43.4 Å². The minimum atomic E-state index is -0.535. The van der Waals surface area contributed by atoms with E-state index in [1.807, 2.05) is 12.1 Å². The topological polar surface area (TPSA) is 49.4 Å². The second-order valence-electron chi connectivity index (χ2n) is 7.64. The summed E-state index contributed by atoms with van der Waals surface area (Å²) in [5, 5.41) is 3.60. The van der Waals surface area contributed by atoms with Gasteiger partial charge in [-0.15, -0.1) is 0 Å². The van der Waals surface area contributed by atoms with Crippen LogP contribution in [0.15, 0.2) is 48.5 Å². The summed E-state index contributed by atoms with van der Waals surface area (Å²) in [7, 11) is 0. The Bertz CT molecular complexity index is 803. The summed E-state index contributed by atoms with van der Waals surface area (Å²) in [5.41, 5.74) is 3.37. The summed E-state index contributed by atoms with van der Waals surface area (Å²) in [6.45, 7) is 7.02. The van der Waals surface area contributed by atoms with E-state index in [9.17, 15) is 9.59 Å². The first-order valence-electron chi connectivity index (χ1n) is 10.8. The lowest BCUT2D eigenvalue weighted by Crippen LogP contribution is -2.47. The number of nitrogens with one attached hydrogen (secondary N) is 1. The summed E-state index contributed by atoms with van der Waals surface area (Å²) in [5.74, 6) is -0.138. The van der Waals surface area contributed by atoms with Crippen molar-refractivity contribution in [2.24, 2.45) is 0 Å². The Morgan fingerprint density at radius 1 is 0.967 bits per heavy atom. The lowest BCUT2D eigenvalue weighted by atomic mass is 10.0. The van der Waals surface area contributed by atoms with Crippen molar-refractivity contribution in [2.45, 2.75) is 65.5 Å². The van der Waals surface area contributed by atoms with Crippen molar-refractivity contribution in [1.82, 2.24) is 10.2 Å². The van der Waals surface area contributed by atoms with Gasteiger partial charge in [-0.3, -0.25) is 9.59 Å². The highest BCUT2D eigenvalue weighted by Crippen LogP contribution is 2.16. The number of unbranched alkanes of at least 4 members (excludes halogenated alkanes) is 1. The van der Waals surface area contributed by atoms with E-state index in [0.29, 0.717) is 31.0 Å². The highest BCUT2D eigenvalue weighted by Gasteiger charge is 2.25. The van der Waals surface area contributed by atoms with Gasteiger partial charge in [-0.25, -0.2) is 0 Å². The van der Waals surface area contributed by atoms with Gasteiger partial charge in [0.1, 0.15) is 6.04 Å². The number of benzene rings is 2. The Morgan fingerprint density at radius 3 is 2.17 bits per heavy atom. The molecule has 2 aromatic carbocycles. The first kappa shape index (κ1) is 23.9. The predicted molar refractivity (Wildman–Crippen MR) is 124 cm³/mol. The number of aryl methyl sites for hydroxylation is 2. The lowest BCUT2D eigenvalue weighted by Gasteiger charge is -2.29. The quantitative estimate of drug-likeness (QED) is 0.502. The van der Waals surface area contributed by atoms with Gasteiger partial charge in [0.15, 0.2) is 0 Å². The fourth-order valence-corrected chi connectivity index (χ4v) is 3.37. The van der Waals surface area contributed by atoms with Crippen LogP contribution < -0.4 is 5.32 Å². The monoisotopic (exact) mass is 428 g/mol. The second kappa shape index (κ2) is 12.4. The Morgan fingerprint density at radius 2 is 1.57 bits per heavy atom. The highest BCUT2D eigenvalue weighted by molar-refractivity contribution is 6.30. The van der Waals surface area contributed by atoms with Crippen LogP contribution in [-0.2, 0) is 29.0 Å². The van der Waals surface area contributed by atoms with Crippen molar-refractivity contribution in [2.75, 3.05) is 6.54 Å². The Hall–Kier alpha value is -2.33. The molecular formula is C25H33ClN2O2. The molecule has 2 rings (SSSR count). The number of rotatable bonds is 11. The van der Waals surface area contributed by atoms with Crippen molar-refractivity contribution in [3.8, 4) is 0 Å². The number of carbonyl (C=O) groups excluding carboxylic acids is 2. The number of amides is 2. The summed E-state index contributed by atoms with van der Waals surface area (Å²) >= 11 is 5.99. The molecule has 2 aromatic rings. The van der Waals surface area contributed by atoms with E-state index >= 15 is 0 Å². The van der Waals surface area contributed by atoms with E-state index in [1.165, 1.54) is 5.56 Å². The molecule has 0 aliphatic rings. The average Bonchev–Trinajstić information content (AvgIpc) is 2.77. The zero-order valence-electron chi connectivity index (χ0n) is 18.3. The van der Waals surface area contributed by atoms with Crippen molar-refractivity contribution in [3.63, 3.8) is 0 Å². The van der Waals surface area contributed by atoms with Gasteiger partial charge < -0.3 is 10.2 Å². The van der Waals surface area contributed by atoms with Crippen LogP contribution in [0.1, 0.15) is 56.7 Å². The van der Waals surface area contributed by atoms with Gasteiger partial charge in [0, 0.05) is 24.5 Å². The zero-order chi connectivity index (χ0) is 21.9. The molecule has 0 heterocycles. The molecule has 1 atom stereocenters. The van der Waals surface area contributed by atoms with Gasteiger partial charge >= 0.3 is 0 Å². The molecule has 30 heavy (non-hydrogen) atoms. The maximum atomic E-state index is 13.1. The number of halogens is 1. The smallest absolute Gasteiger partial charge is 0.242 e. The second-order valence-corrected chi connectivity index (χ2v) is 8.08. The van der Waals surface area contributed by atoms with E-state index in [4.69, 9.17) is 11.6 Å². The minimum absolute atomic E-state index is 0.0253. The molecule has 0 aliphatic carbocycles. The van der Waals surface area contributed by atoms with Crippen LogP contribution >= 0.6 is 11.6 Å². The van der Waals surface area contributed by atoms with E-state index in [0.717, 1.165) is 30.4 Å². The minimum Gasteiger partial charge on any atom is -0.354 e.